The number of nitrogens with one attached hydrogen (secondary N) is 1. The Morgan fingerprint density at radius 1 is 1.09 bits per heavy atom. The fourth-order valence-corrected chi connectivity index (χ4v) is 4.35. The Hall–Kier alpha value is -2.56. The molecule has 0 radical (unpaired) electrons. The van der Waals surface area contributed by atoms with E-state index in [-0.39, 0.29) is 41.6 Å². The maximum Gasteiger partial charge on any atom is 0.405 e. The van der Waals surface area contributed by atoms with Crippen LogP contribution in [0.15, 0.2) is 42.5 Å². The monoisotopic (exact) mass is 538 g/mol. The van der Waals surface area contributed by atoms with E-state index in [1.165, 1.54) is 37.4 Å². The number of amides is 2. The molecule has 2 amide bonds. The number of halogens is 6. The van der Waals surface area contributed by atoms with Gasteiger partial charge in [-0.2, -0.15) is 13.2 Å². The van der Waals surface area contributed by atoms with Gasteiger partial charge in [-0.05, 0) is 48.2 Å². The van der Waals surface area contributed by atoms with E-state index in [9.17, 15) is 37.4 Å². The predicted octanol–water partition coefficient (Wildman–Crippen LogP) is 5.56. The zero-order valence-corrected chi connectivity index (χ0v) is 20.1. The quantitative estimate of drug-likeness (QED) is 0.345. The van der Waals surface area contributed by atoms with Crippen molar-refractivity contribution in [1.29, 1.82) is 0 Å². The second-order valence-electron chi connectivity index (χ2n) is 8.09. The predicted molar refractivity (Wildman–Crippen MR) is 123 cm³/mol. The van der Waals surface area contributed by atoms with Crippen LogP contribution in [-0.2, 0) is 10.2 Å². The first kappa shape index (κ1) is 28.7. The molecular weight excluding hydrogens is 515 g/mol. The van der Waals surface area contributed by atoms with Crippen LogP contribution in [0.1, 0.15) is 36.4 Å². The van der Waals surface area contributed by atoms with E-state index < -0.39 is 41.9 Å². The van der Waals surface area contributed by atoms with Crippen molar-refractivity contribution < 1.29 is 37.4 Å². The summed E-state index contributed by atoms with van der Waals surface area (Å²) in [6.45, 7) is -0.714. The summed E-state index contributed by atoms with van der Waals surface area (Å²) >= 11 is 12.3. The van der Waals surface area contributed by atoms with Crippen LogP contribution in [0.4, 0.5) is 22.4 Å². The Bertz CT molecular complexity index is 1040. The van der Waals surface area contributed by atoms with Crippen molar-refractivity contribution in [2.24, 2.45) is 0 Å². The number of carbonyl (C=O) groups is 2. The lowest BCUT2D eigenvalue weighted by Crippen LogP contribution is -2.51. The van der Waals surface area contributed by atoms with Crippen molar-refractivity contribution >= 4 is 35.2 Å². The highest BCUT2D eigenvalue weighted by Crippen LogP contribution is 2.44. The van der Waals surface area contributed by atoms with E-state index in [1.807, 2.05) is 0 Å². The van der Waals surface area contributed by atoms with Crippen molar-refractivity contribution in [1.82, 2.24) is 10.2 Å². The van der Waals surface area contributed by atoms with Crippen LogP contribution in [0.25, 0.3) is 0 Å². The van der Waals surface area contributed by atoms with Gasteiger partial charge >= 0.3 is 12.3 Å². The van der Waals surface area contributed by atoms with Crippen LogP contribution in [0.5, 0.6) is 0 Å². The highest BCUT2D eigenvalue weighted by Gasteiger charge is 2.45. The minimum atomic E-state index is -4.75. The molecule has 2 rings (SSSR count). The molecule has 3 N–H and O–H groups in total. The van der Waals surface area contributed by atoms with Crippen LogP contribution in [0.3, 0.4) is 0 Å². The van der Waals surface area contributed by atoms with Gasteiger partial charge < -0.3 is 20.4 Å². The van der Waals surface area contributed by atoms with Crippen molar-refractivity contribution in [2.75, 3.05) is 20.2 Å². The third-order valence-electron chi connectivity index (χ3n) is 5.60. The van der Waals surface area contributed by atoms with E-state index >= 15 is 0 Å². The number of carbonyl (C=O) groups excluding carboxylic acids is 1. The molecule has 12 heteroatoms. The van der Waals surface area contributed by atoms with Gasteiger partial charge in [0.15, 0.2) is 0 Å². The van der Waals surface area contributed by atoms with Gasteiger partial charge in [0, 0.05) is 25.6 Å². The SMILES string of the molecule is CN(C[C@](CCCO)(c1ccc(Cl)c(Cl)c1)C(NC(=O)O)c1ccc(F)cc1)C(=O)CC(F)(F)F. The largest absolute Gasteiger partial charge is 0.465 e. The Morgan fingerprint density at radius 2 is 1.71 bits per heavy atom. The van der Waals surface area contributed by atoms with Crippen LogP contribution in [0.2, 0.25) is 10.0 Å². The molecule has 0 aliphatic rings. The molecule has 0 heterocycles. The van der Waals surface area contributed by atoms with Gasteiger partial charge in [0.2, 0.25) is 5.91 Å². The number of benzene rings is 2. The number of aliphatic hydroxyl groups excluding tert-OH is 1. The van der Waals surface area contributed by atoms with Crippen LogP contribution >= 0.6 is 23.2 Å². The molecule has 0 saturated carbocycles. The van der Waals surface area contributed by atoms with Gasteiger partial charge in [-0.15, -0.1) is 0 Å². The third kappa shape index (κ3) is 7.71. The molecule has 0 saturated heterocycles. The number of alkyl halides is 3. The molecule has 1 unspecified atom stereocenters. The topological polar surface area (TPSA) is 89.9 Å². The molecule has 0 aliphatic carbocycles. The highest BCUT2D eigenvalue weighted by atomic mass is 35.5. The van der Waals surface area contributed by atoms with E-state index in [2.05, 4.69) is 5.32 Å². The molecule has 0 aromatic heterocycles. The molecular formula is C23H24Cl2F4N2O4. The molecule has 2 aromatic carbocycles. The average molecular weight is 539 g/mol. The number of carboxylic acid groups (broad SMARTS) is 1. The van der Waals surface area contributed by atoms with E-state index in [4.69, 9.17) is 23.2 Å². The van der Waals surface area contributed by atoms with Gasteiger partial charge in [-0.25, -0.2) is 9.18 Å². The summed E-state index contributed by atoms with van der Waals surface area (Å²) < 4.78 is 52.4. The molecule has 0 bridgehead atoms. The lowest BCUT2D eigenvalue weighted by molar-refractivity contribution is -0.161. The summed E-state index contributed by atoms with van der Waals surface area (Å²) in [6, 6.07) is 8.10. The number of nitrogens with zero attached hydrogens (tertiary/aromatic N) is 1. The number of hydrogen-bond donors (Lipinski definition) is 3. The van der Waals surface area contributed by atoms with Gasteiger partial charge in [-0.1, -0.05) is 41.4 Å². The first-order valence-electron chi connectivity index (χ1n) is 10.4. The van der Waals surface area contributed by atoms with Crippen LogP contribution < -0.4 is 5.32 Å². The van der Waals surface area contributed by atoms with Crippen LogP contribution in [0, 0.1) is 5.82 Å². The van der Waals surface area contributed by atoms with Gasteiger partial charge in [0.1, 0.15) is 12.2 Å². The van der Waals surface area contributed by atoms with Crippen molar-refractivity contribution in [3.8, 4) is 0 Å². The smallest absolute Gasteiger partial charge is 0.405 e. The van der Waals surface area contributed by atoms with Gasteiger partial charge in [0.25, 0.3) is 0 Å². The lowest BCUT2D eigenvalue weighted by Gasteiger charge is -2.44. The lowest BCUT2D eigenvalue weighted by atomic mass is 9.68. The maximum absolute atomic E-state index is 13.6. The number of hydrogen-bond acceptors (Lipinski definition) is 3. The first-order valence-corrected chi connectivity index (χ1v) is 11.2. The Labute approximate surface area is 209 Å². The summed E-state index contributed by atoms with van der Waals surface area (Å²) in [6.07, 6.45) is -7.81. The summed E-state index contributed by atoms with van der Waals surface area (Å²) in [7, 11) is 1.17. The first-order chi connectivity index (χ1) is 16.3. The number of aliphatic hydroxyl groups is 1. The second kappa shape index (κ2) is 11.9. The molecule has 0 fully saturated rings. The highest BCUT2D eigenvalue weighted by molar-refractivity contribution is 6.42. The fraction of sp³-hybridized carbons (Fsp3) is 0.391. The summed E-state index contributed by atoms with van der Waals surface area (Å²) in [4.78, 5) is 25.1. The Kier molecular flexibility index (Phi) is 9.76. The minimum absolute atomic E-state index is 0.0213. The molecule has 0 aliphatic heterocycles. The molecule has 2 aromatic rings. The minimum Gasteiger partial charge on any atom is -0.465 e. The summed E-state index contributed by atoms with van der Waals surface area (Å²) in [5.41, 5.74) is -0.784. The van der Waals surface area contributed by atoms with Crippen molar-refractivity contribution in [2.45, 2.75) is 36.9 Å². The Balaban J connectivity index is 2.76. The average Bonchev–Trinajstić information content (AvgIpc) is 2.76. The number of rotatable bonds is 10. The van der Waals surface area contributed by atoms with E-state index in [0.29, 0.717) is 5.56 Å². The molecule has 0 spiro atoms. The summed E-state index contributed by atoms with van der Waals surface area (Å²) in [5, 5.41) is 21.8. The maximum atomic E-state index is 13.6. The molecule has 2 atom stereocenters. The molecule has 6 nitrogen and oxygen atoms in total. The zero-order chi connectivity index (χ0) is 26.4. The van der Waals surface area contributed by atoms with E-state index in [1.54, 1.807) is 0 Å². The zero-order valence-electron chi connectivity index (χ0n) is 18.6. The van der Waals surface area contributed by atoms with E-state index in [0.717, 1.165) is 17.0 Å². The summed E-state index contributed by atoms with van der Waals surface area (Å²) in [5.74, 6) is -1.82. The fourth-order valence-electron chi connectivity index (χ4n) is 4.05. The standard InChI is InChI=1S/C23H24Cl2F4N2O4/c1-31(19(33)12-23(27,28)29)13-22(9-2-10-32,15-5-8-17(24)18(25)11-15)20(30-21(34)35)14-3-6-16(26)7-4-14/h3-8,11,20,30,32H,2,9-10,12-13H2,1H3,(H,34,35)/t20?,22-/m1/s1. The van der Waals surface area contributed by atoms with Gasteiger partial charge in [0.05, 0.1) is 16.1 Å². The third-order valence-corrected chi connectivity index (χ3v) is 6.34. The number of likely N-dealkylation sites (N-methyl/N-ethyl adjacent to an activating group) is 1. The van der Waals surface area contributed by atoms with Gasteiger partial charge in [-0.3, -0.25) is 4.79 Å². The van der Waals surface area contributed by atoms with Crippen molar-refractivity contribution in [3.63, 3.8) is 0 Å². The normalized spacial score (nSPS) is 14.2. The molecule has 192 valence electrons. The van der Waals surface area contributed by atoms with Crippen molar-refractivity contribution in [3.05, 3.63) is 69.5 Å². The van der Waals surface area contributed by atoms with Crippen LogP contribution in [-0.4, -0.2) is 53.5 Å². The Morgan fingerprint density at radius 3 is 2.23 bits per heavy atom. The second-order valence-corrected chi connectivity index (χ2v) is 8.90. The molecule has 35 heavy (non-hydrogen) atoms.